The number of esters is 1. The third-order valence-electron chi connectivity index (χ3n) is 1.46. The SMILES string of the molecule is COC(=O)COc1cc(C)ccn1. The number of hydrogen-bond acceptors (Lipinski definition) is 4. The van der Waals surface area contributed by atoms with Gasteiger partial charge in [0, 0.05) is 12.3 Å². The van der Waals surface area contributed by atoms with Crippen molar-refractivity contribution in [1.82, 2.24) is 4.98 Å². The molecule has 1 heterocycles. The molecule has 0 aromatic carbocycles. The van der Waals surface area contributed by atoms with Gasteiger partial charge in [-0.2, -0.15) is 0 Å². The molecule has 0 N–H and O–H groups in total. The molecule has 1 rings (SSSR count). The number of carbonyl (C=O) groups is 1. The van der Waals surface area contributed by atoms with Crippen molar-refractivity contribution in [3.05, 3.63) is 23.9 Å². The first kappa shape index (κ1) is 9.51. The fourth-order valence-electron chi connectivity index (χ4n) is 0.779. The van der Waals surface area contributed by atoms with E-state index in [0.717, 1.165) is 5.56 Å². The number of aromatic nitrogens is 1. The maximum absolute atomic E-state index is 10.7. The van der Waals surface area contributed by atoms with Crippen LogP contribution in [0.5, 0.6) is 5.88 Å². The van der Waals surface area contributed by atoms with Gasteiger partial charge in [0.15, 0.2) is 6.61 Å². The van der Waals surface area contributed by atoms with E-state index >= 15 is 0 Å². The number of hydrogen-bond donors (Lipinski definition) is 0. The van der Waals surface area contributed by atoms with Crippen LogP contribution in [-0.4, -0.2) is 24.7 Å². The minimum absolute atomic E-state index is 0.104. The lowest BCUT2D eigenvalue weighted by molar-refractivity contribution is -0.143. The molecule has 0 amide bonds. The summed E-state index contributed by atoms with van der Waals surface area (Å²) in [5.74, 6) is 0.0220. The van der Waals surface area contributed by atoms with Crippen LogP contribution < -0.4 is 4.74 Å². The summed E-state index contributed by atoms with van der Waals surface area (Å²) >= 11 is 0. The van der Waals surface area contributed by atoms with Crippen LogP contribution in [0.2, 0.25) is 0 Å². The lowest BCUT2D eigenvalue weighted by Crippen LogP contribution is -2.13. The summed E-state index contributed by atoms with van der Waals surface area (Å²) in [5, 5.41) is 0. The number of rotatable bonds is 3. The van der Waals surface area contributed by atoms with Crippen LogP contribution >= 0.6 is 0 Å². The molecule has 0 saturated carbocycles. The Hall–Kier alpha value is -1.58. The van der Waals surface area contributed by atoms with Gasteiger partial charge in [0.1, 0.15) is 0 Å². The van der Waals surface area contributed by atoms with Crippen LogP contribution in [0.15, 0.2) is 18.3 Å². The second-order valence-electron chi connectivity index (χ2n) is 2.54. The molecule has 0 aliphatic heterocycles. The average Bonchev–Trinajstić information content (AvgIpc) is 2.14. The van der Waals surface area contributed by atoms with Gasteiger partial charge < -0.3 is 9.47 Å². The zero-order valence-electron chi connectivity index (χ0n) is 7.61. The predicted molar refractivity (Wildman–Crippen MR) is 46.5 cm³/mol. The third kappa shape index (κ3) is 3.11. The zero-order chi connectivity index (χ0) is 9.68. The highest BCUT2D eigenvalue weighted by atomic mass is 16.6. The Balaban J connectivity index is 2.50. The van der Waals surface area contributed by atoms with Crippen molar-refractivity contribution >= 4 is 5.97 Å². The Bertz CT molecular complexity index is 299. The van der Waals surface area contributed by atoms with E-state index in [0.29, 0.717) is 5.88 Å². The topological polar surface area (TPSA) is 48.4 Å². The maximum atomic E-state index is 10.7. The molecule has 0 bridgehead atoms. The van der Waals surface area contributed by atoms with Crippen molar-refractivity contribution in [2.75, 3.05) is 13.7 Å². The first-order valence-electron chi connectivity index (χ1n) is 3.84. The Morgan fingerprint density at radius 2 is 2.38 bits per heavy atom. The summed E-state index contributed by atoms with van der Waals surface area (Å²) < 4.78 is 9.46. The van der Waals surface area contributed by atoms with Crippen molar-refractivity contribution in [1.29, 1.82) is 0 Å². The smallest absolute Gasteiger partial charge is 0.343 e. The average molecular weight is 181 g/mol. The normalized spacial score (nSPS) is 9.38. The van der Waals surface area contributed by atoms with E-state index in [1.807, 2.05) is 13.0 Å². The molecule has 4 heteroatoms. The number of aryl methyl sites for hydroxylation is 1. The van der Waals surface area contributed by atoms with Gasteiger partial charge in [-0.25, -0.2) is 9.78 Å². The van der Waals surface area contributed by atoms with Gasteiger partial charge in [-0.15, -0.1) is 0 Å². The highest BCUT2D eigenvalue weighted by Gasteiger charge is 2.01. The summed E-state index contributed by atoms with van der Waals surface area (Å²) in [4.78, 5) is 14.6. The minimum Gasteiger partial charge on any atom is -0.466 e. The number of methoxy groups -OCH3 is 1. The molecule has 0 unspecified atom stereocenters. The van der Waals surface area contributed by atoms with Crippen LogP contribution in [0.4, 0.5) is 0 Å². The van der Waals surface area contributed by atoms with Gasteiger partial charge in [0.2, 0.25) is 5.88 Å². The zero-order valence-corrected chi connectivity index (χ0v) is 7.61. The first-order valence-corrected chi connectivity index (χ1v) is 3.84. The molecule has 0 radical (unpaired) electrons. The van der Waals surface area contributed by atoms with Gasteiger partial charge in [0.05, 0.1) is 7.11 Å². The summed E-state index contributed by atoms with van der Waals surface area (Å²) in [7, 11) is 1.31. The van der Waals surface area contributed by atoms with Crippen molar-refractivity contribution in [2.45, 2.75) is 6.92 Å². The van der Waals surface area contributed by atoms with E-state index < -0.39 is 5.97 Å². The van der Waals surface area contributed by atoms with Crippen molar-refractivity contribution in [3.63, 3.8) is 0 Å². The number of nitrogens with zero attached hydrogens (tertiary/aromatic N) is 1. The summed E-state index contributed by atoms with van der Waals surface area (Å²) in [6, 6.07) is 3.61. The van der Waals surface area contributed by atoms with E-state index in [1.54, 1.807) is 12.3 Å². The molecule has 0 fully saturated rings. The predicted octanol–water partition coefficient (Wildman–Crippen LogP) is 0.942. The van der Waals surface area contributed by atoms with Crippen molar-refractivity contribution in [3.8, 4) is 5.88 Å². The van der Waals surface area contributed by atoms with E-state index in [2.05, 4.69) is 9.72 Å². The molecule has 1 aromatic heterocycles. The Labute approximate surface area is 76.5 Å². The molecule has 4 nitrogen and oxygen atoms in total. The van der Waals surface area contributed by atoms with Crippen LogP contribution in [0.25, 0.3) is 0 Å². The van der Waals surface area contributed by atoms with Gasteiger partial charge in [0.25, 0.3) is 0 Å². The minimum atomic E-state index is -0.414. The molecule has 1 aromatic rings. The fraction of sp³-hybridized carbons (Fsp3) is 0.333. The van der Waals surface area contributed by atoms with Crippen molar-refractivity contribution < 1.29 is 14.3 Å². The van der Waals surface area contributed by atoms with E-state index in [-0.39, 0.29) is 6.61 Å². The second-order valence-corrected chi connectivity index (χ2v) is 2.54. The molecular weight excluding hydrogens is 170 g/mol. The number of ether oxygens (including phenoxy) is 2. The van der Waals surface area contributed by atoms with Crippen LogP contribution in [0.1, 0.15) is 5.56 Å². The lowest BCUT2D eigenvalue weighted by Gasteiger charge is -2.03. The molecule has 70 valence electrons. The Morgan fingerprint density at radius 1 is 1.62 bits per heavy atom. The van der Waals surface area contributed by atoms with Gasteiger partial charge in [-0.1, -0.05) is 0 Å². The van der Waals surface area contributed by atoms with E-state index in [1.165, 1.54) is 7.11 Å². The lowest BCUT2D eigenvalue weighted by atomic mass is 10.3. The highest BCUT2D eigenvalue weighted by Crippen LogP contribution is 2.07. The van der Waals surface area contributed by atoms with E-state index in [9.17, 15) is 4.79 Å². The maximum Gasteiger partial charge on any atom is 0.343 e. The van der Waals surface area contributed by atoms with Crippen LogP contribution in [-0.2, 0) is 9.53 Å². The quantitative estimate of drug-likeness (QED) is 0.651. The monoisotopic (exact) mass is 181 g/mol. The largest absolute Gasteiger partial charge is 0.466 e. The second kappa shape index (κ2) is 4.45. The summed E-state index contributed by atoms with van der Waals surface area (Å²) in [6.07, 6.45) is 1.63. The van der Waals surface area contributed by atoms with Crippen molar-refractivity contribution in [2.24, 2.45) is 0 Å². The highest BCUT2D eigenvalue weighted by molar-refractivity contribution is 5.70. The molecule has 0 aliphatic rings. The third-order valence-corrected chi connectivity index (χ3v) is 1.46. The van der Waals surface area contributed by atoms with Crippen LogP contribution in [0, 0.1) is 6.92 Å². The summed E-state index contributed by atoms with van der Waals surface area (Å²) in [6.45, 7) is 1.82. The molecule has 0 atom stereocenters. The Morgan fingerprint density at radius 3 is 3.00 bits per heavy atom. The Kier molecular flexibility index (Phi) is 3.25. The number of carbonyl (C=O) groups excluding carboxylic acids is 1. The molecule has 0 spiro atoms. The molecule has 0 aliphatic carbocycles. The first-order chi connectivity index (χ1) is 6.22. The summed E-state index contributed by atoms with van der Waals surface area (Å²) in [5.41, 5.74) is 1.04. The van der Waals surface area contributed by atoms with Gasteiger partial charge >= 0.3 is 5.97 Å². The molecule has 13 heavy (non-hydrogen) atoms. The molecule has 0 saturated heterocycles. The number of pyridine rings is 1. The molecular formula is C9H11NO3. The standard InChI is InChI=1S/C9H11NO3/c1-7-3-4-10-8(5-7)13-6-9(11)12-2/h3-5H,6H2,1-2H3. The fourth-order valence-corrected chi connectivity index (χ4v) is 0.779. The van der Waals surface area contributed by atoms with E-state index in [4.69, 9.17) is 4.74 Å². The van der Waals surface area contributed by atoms with Crippen LogP contribution in [0.3, 0.4) is 0 Å². The van der Waals surface area contributed by atoms with Gasteiger partial charge in [-0.3, -0.25) is 0 Å². The van der Waals surface area contributed by atoms with Gasteiger partial charge in [-0.05, 0) is 18.6 Å².